The van der Waals surface area contributed by atoms with Crippen molar-refractivity contribution in [3.63, 3.8) is 0 Å². The Balaban J connectivity index is 2.43. The lowest BCUT2D eigenvalue weighted by Gasteiger charge is -2.17. The summed E-state index contributed by atoms with van der Waals surface area (Å²) in [5.41, 5.74) is 6.61. The number of hydrogen-bond acceptors (Lipinski definition) is 6. The van der Waals surface area contributed by atoms with Crippen LogP contribution in [0.3, 0.4) is 0 Å². The van der Waals surface area contributed by atoms with Gasteiger partial charge in [-0.15, -0.1) is 0 Å². The third kappa shape index (κ3) is 3.01. The maximum Gasteiger partial charge on any atom is 0.163 e. The Morgan fingerprint density at radius 3 is 2.30 bits per heavy atom. The molecule has 0 saturated heterocycles. The molecule has 0 bridgehead atoms. The molecule has 0 radical (unpaired) electrons. The summed E-state index contributed by atoms with van der Waals surface area (Å²) in [5.74, 6) is 1.25. The molecule has 0 amide bonds. The van der Waals surface area contributed by atoms with Gasteiger partial charge in [0.05, 0.1) is 12.1 Å². The van der Waals surface area contributed by atoms with Gasteiger partial charge < -0.3 is 10.6 Å². The quantitative estimate of drug-likeness (QED) is 0.841. The first-order chi connectivity index (χ1) is 9.74. The Labute approximate surface area is 116 Å². The zero-order valence-corrected chi connectivity index (χ0v) is 10.7. The predicted octanol–water partition coefficient (Wildman–Crippen LogP) is 1.58. The van der Waals surface area contributed by atoms with Crippen molar-refractivity contribution < 1.29 is 0 Å². The normalized spacial score (nSPS) is 9.50. The lowest BCUT2D eigenvalue weighted by Crippen LogP contribution is -2.25. The van der Waals surface area contributed by atoms with Gasteiger partial charge in [-0.3, -0.25) is 0 Å². The molecular weight excluding hydrogens is 252 g/mol. The third-order valence-electron chi connectivity index (χ3n) is 2.61. The second kappa shape index (κ2) is 6.17. The fourth-order valence-corrected chi connectivity index (χ4v) is 1.72. The maximum atomic E-state index is 8.80. The smallest absolute Gasteiger partial charge is 0.163 e. The van der Waals surface area contributed by atoms with Crippen LogP contribution < -0.4 is 10.6 Å². The summed E-state index contributed by atoms with van der Waals surface area (Å²) in [6.45, 7) is 0.135. The molecule has 2 rings (SSSR count). The molecule has 0 aliphatic heterocycles. The van der Waals surface area contributed by atoms with Crippen LogP contribution in [-0.4, -0.2) is 23.1 Å². The minimum absolute atomic E-state index is 0.0677. The third-order valence-corrected chi connectivity index (χ3v) is 2.61. The summed E-state index contributed by atoms with van der Waals surface area (Å²) in [4.78, 5) is 10.1. The van der Waals surface area contributed by atoms with E-state index in [0.717, 1.165) is 5.56 Å². The molecule has 0 fully saturated rings. The van der Waals surface area contributed by atoms with E-state index in [1.807, 2.05) is 42.5 Å². The first-order valence-corrected chi connectivity index (χ1v) is 5.93. The van der Waals surface area contributed by atoms with Crippen LogP contribution in [0.15, 0.2) is 36.4 Å². The van der Waals surface area contributed by atoms with E-state index in [1.165, 1.54) is 0 Å². The average molecular weight is 264 g/mol. The van der Waals surface area contributed by atoms with Gasteiger partial charge in [0.2, 0.25) is 0 Å². The van der Waals surface area contributed by atoms with Gasteiger partial charge in [-0.25, -0.2) is 9.97 Å². The van der Waals surface area contributed by atoms with E-state index >= 15 is 0 Å². The number of hydrogen-bond donors (Lipinski definition) is 1. The maximum absolute atomic E-state index is 8.80. The first-order valence-electron chi connectivity index (χ1n) is 5.93. The highest BCUT2D eigenvalue weighted by molar-refractivity contribution is 5.61. The van der Waals surface area contributed by atoms with E-state index < -0.39 is 0 Å². The van der Waals surface area contributed by atoms with Crippen LogP contribution in [0.1, 0.15) is 0 Å². The van der Waals surface area contributed by atoms with Crippen LogP contribution in [0.25, 0.3) is 11.4 Å². The van der Waals surface area contributed by atoms with Crippen molar-refractivity contribution in [2.24, 2.45) is 0 Å². The van der Waals surface area contributed by atoms with Gasteiger partial charge in [0.1, 0.15) is 24.7 Å². The van der Waals surface area contributed by atoms with E-state index in [0.29, 0.717) is 17.5 Å². The van der Waals surface area contributed by atoms with Gasteiger partial charge in [-0.1, -0.05) is 30.3 Å². The second-order valence-electron chi connectivity index (χ2n) is 4.01. The molecule has 0 unspecified atom stereocenters. The highest BCUT2D eigenvalue weighted by Crippen LogP contribution is 2.20. The van der Waals surface area contributed by atoms with Gasteiger partial charge in [0.15, 0.2) is 5.82 Å². The van der Waals surface area contributed by atoms with Gasteiger partial charge in [-0.2, -0.15) is 10.5 Å². The number of rotatable bonds is 4. The number of aromatic nitrogens is 2. The van der Waals surface area contributed by atoms with E-state index in [9.17, 15) is 0 Å². The second-order valence-corrected chi connectivity index (χ2v) is 4.01. The molecule has 0 saturated carbocycles. The zero-order chi connectivity index (χ0) is 14.4. The Bertz CT molecular complexity index is 652. The average Bonchev–Trinajstić information content (AvgIpc) is 2.47. The van der Waals surface area contributed by atoms with Crippen LogP contribution in [0, 0.1) is 22.7 Å². The number of benzene rings is 1. The molecule has 1 aromatic heterocycles. The number of nitrogens with two attached hydrogens (primary N) is 1. The van der Waals surface area contributed by atoms with Crippen molar-refractivity contribution in [2.45, 2.75) is 0 Å². The van der Waals surface area contributed by atoms with Crippen molar-refractivity contribution in [2.75, 3.05) is 23.7 Å². The topological polar surface area (TPSA) is 103 Å². The van der Waals surface area contributed by atoms with E-state index in [4.69, 9.17) is 16.3 Å². The molecule has 6 nitrogen and oxygen atoms in total. The molecule has 2 aromatic rings. The molecule has 20 heavy (non-hydrogen) atoms. The van der Waals surface area contributed by atoms with Gasteiger partial charge >= 0.3 is 0 Å². The highest BCUT2D eigenvalue weighted by Gasteiger charge is 2.11. The summed E-state index contributed by atoms with van der Waals surface area (Å²) in [6.07, 6.45) is 0. The van der Waals surface area contributed by atoms with Crippen molar-refractivity contribution >= 4 is 11.6 Å². The summed E-state index contributed by atoms with van der Waals surface area (Å²) in [7, 11) is 0. The Kier molecular flexibility index (Phi) is 4.10. The summed E-state index contributed by atoms with van der Waals surface area (Å²) < 4.78 is 0. The number of anilines is 2. The number of nitrogen functional groups attached to an aromatic ring is 1. The lowest BCUT2D eigenvalue weighted by atomic mass is 10.2. The van der Waals surface area contributed by atoms with E-state index in [2.05, 4.69) is 9.97 Å². The van der Waals surface area contributed by atoms with Gasteiger partial charge in [0.25, 0.3) is 0 Å². The molecule has 0 atom stereocenters. The largest absolute Gasteiger partial charge is 0.384 e. The number of nitrogens with zero attached hydrogens (tertiary/aromatic N) is 5. The van der Waals surface area contributed by atoms with Crippen molar-refractivity contribution in [3.8, 4) is 23.5 Å². The molecule has 6 heteroatoms. The molecule has 0 aliphatic rings. The zero-order valence-electron chi connectivity index (χ0n) is 10.7. The monoisotopic (exact) mass is 264 g/mol. The lowest BCUT2D eigenvalue weighted by molar-refractivity contribution is 0.930. The molecule has 98 valence electrons. The fraction of sp³-hybridized carbons (Fsp3) is 0.143. The first kappa shape index (κ1) is 13.3. The predicted molar refractivity (Wildman–Crippen MR) is 75.3 cm³/mol. The van der Waals surface area contributed by atoms with Crippen molar-refractivity contribution in [1.29, 1.82) is 10.5 Å². The highest BCUT2D eigenvalue weighted by atomic mass is 15.2. The van der Waals surface area contributed by atoms with Gasteiger partial charge in [0, 0.05) is 11.6 Å². The van der Waals surface area contributed by atoms with Crippen LogP contribution >= 0.6 is 0 Å². The molecule has 1 heterocycles. The molecule has 2 N–H and O–H groups in total. The van der Waals surface area contributed by atoms with Crippen molar-refractivity contribution in [1.82, 2.24) is 9.97 Å². The van der Waals surface area contributed by atoms with Gasteiger partial charge in [-0.05, 0) is 0 Å². The van der Waals surface area contributed by atoms with Crippen LogP contribution in [-0.2, 0) is 0 Å². The summed E-state index contributed by atoms with van der Waals surface area (Å²) in [5, 5.41) is 17.6. The minimum Gasteiger partial charge on any atom is -0.384 e. The van der Waals surface area contributed by atoms with Crippen LogP contribution in [0.5, 0.6) is 0 Å². The molecule has 0 spiro atoms. The standard InChI is InChI=1S/C14H12N6/c15-6-8-20(9-7-16)13-10-12(17)18-14(19-13)11-4-2-1-3-5-11/h1-5,10H,8-9H2,(H2,17,18,19). The number of nitriles is 2. The fourth-order valence-electron chi connectivity index (χ4n) is 1.72. The summed E-state index contributed by atoms with van der Waals surface area (Å²) >= 11 is 0. The van der Waals surface area contributed by atoms with E-state index in [1.54, 1.807) is 11.0 Å². The van der Waals surface area contributed by atoms with Crippen LogP contribution in [0.4, 0.5) is 11.6 Å². The van der Waals surface area contributed by atoms with Crippen LogP contribution in [0.2, 0.25) is 0 Å². The SMILES string of the molecule is N#CCN(CC#N)c1cc(N)nc(-c2ccccc2)n1. The summed E-state index contributed by atoms with van der Waals surface area (Å²) in [6, 6.07) is 15.0. The molecule has 0 aliphatic carbocycles. The Hall–Kier alpha value is -3.12. The minimum atomic E-state index is 0.0677. The Morgan fingerprint density at radius 2 is 1.70 bits per heavy atom. The Morgan fingerprint density at radius 1 is 1.05 bits per heavy atom. The van der Waals surface area contributed by atoms with E-state index in [-0.39, 0.29) is 13.1 Å². The molecular formula is C14H12N6. The molecule has 1 aromatic carbocycles. The van der Waals surface area contributed by atoms with Crippen molar-refractivity contribution in [3.05, 3.63) is 36.4 Å².